The molecule has 0 atom stereocenters. The highest BCUT2D eigenvalue weighted by Crippen LogP contribution is 2.50. The number of benzene rings is 5. The van der Waals surface area contributed by atoms with Crippen LogP contribution < -0.4 is 23.7 Å². The van der Waals surface area contributed by atoms with Crippen LogP contribution in [0.2, 0.25) is 0 Å². The maximum absolute atomic E-state index is 6.87. The van der Waals surface area contributed by atoms with Gasteiger partial charge in [0, 0.05) is 5.39 Å². The number of ether oxygens (including phenoxy) is 5. The van der Waals surface area contributed by atoms with Crippen LogP contribution in [-0.2, 0) is 0 Å². The van der Waals surface area contributed by atoms with Gasteiger partial charge in [0.1, 0.15) is 5.75 Å². The van der Waals surface area contributed by atoms with Crippen molar-refractivity contribution < 1.29 is 23.7 Å². The van der Waals surface area contributed by atoms with Gasteiger partial charge in [-0.15, -0.1) is 0 Å². The molecule has 0 amide bonds. The molecule has 5 rings (SSSR count). The molecule has 0 saturated carbocycles. The van der Waals surface area contributed by atoms with E-state index in [4.69, 9.17) is 23.7 Å². The number of hydrogen-bond acceptors (Lipinski definition) is 5. The van der Waals surface area contributed by atoms with Crippen LogP contribution in [0.25, 0.3) is 43.4 Å². The van der Waals surface area contributed by atoms with Gasteiger partial charge in [0.25, 0.3) is 0 Å². The molecular weight excluding hydrogens is 669 g/mol. The van der Waals surface area contributed by atoms with E-state index < -0.39 is 0 Å². The van der Waals surface area contributed by atoms with Crippen LogP contribution in [0.15, 0.2) is 66.7 Å². The van der Waals surface area contributed by atoms with E-state index in [0.717, 1.165) is 163 Å². The zero-order valence-electron chi connectivity index (χ0n) is 34.0. The maximum Gasteiger partial charge on any atom is 0.169 e. The summed E-state index contributed by atoms with van der Waals surface area (Å²) < 4.78 is 33.2. The molecule has 5 heteroatoms. The van der Waals surface area contributed by atoms with E-state index >= 15 is 0 Å². The number of rotatable bonds is 26. The van der Waals surface area contributed by atoms with Gasteiger partial charge in [0.05, 0.1) is 33.0 Å². The first kappa shape index (κ1) is 41.1. The van der Waals surface area contributed by atoms with Crippen LogP contribution in [0, 0.1) is 0 Å². The SMILES string of the molecule is CCCCCOc1cc(-c2ccccc2)c2c(c1)c1cc(OCCCCC)c(OCCCCC)cc1c1c(OCCCCC)c(OCCCCC)ccc21. The average molecular weight is 735 g/mol. The predicted octanol–water partition coefficient (Wildman–Crippen LogP) is 14.7. The standard InChI is InChI=1S/C49H66O5/c1-6-11-19-28-50-38-33-40(37-24-17-16-18-25-37)47-39-26-27-44(51-29-20-12-7-2)49(54-32-23-15-10-5)48(39)43-36-46(53-31-22-14-9-4)45(52-30-21-13-8-3)35-41(43)42(47)34-38/h16-18,24-27,33-36H,6-15,19-23,28-32H2,1-5H3. The molecule has 0 bridgehead atoms. The van der Waals surface area contributed by atoms with Crippen molar-refractivity contribution in [3.63, 3.8) is 0 Å². The van der Waals surface area contributed by atoms with Gasteiger partial charge in [0.15, 0.2) is 23.0 Å². The van der Waals surface area contributed by atoms with Gasteiger partial charge in [-0.1, -0.05) is 129 Å². The lowest BCUT2D eigenvalue weighted by atomic mass is 9.88. The number of unbranched alkanes of at least 4 members (excludes halogenated alkanes) is 10. The maximum atomic E-state index is 6.87. The smallest absolute Gasteiger partial charge is 0.169 e. The zero-order chi connectivity index (χ0) is 38.0. The Morgan fingerprint density at radius 3 is 1.41 bits per heavy atom. The molecule has 0 unspecified atom stereocenters. The molecule has 5 aromatic carbocycles. The summed E-state index contributed by atoms with van der Waals surface area (Å²) in [6.45, 7) is 14.4. The van der Waals surface area contributed by atoms with Crippen molar-refractivity contribution in [2.24, 2.45) is 0 Å². The molecular formula is C49H66O5. The second-order valence-electron chi connectivity index (χ2n) is 14.7. The Labute approximate surface area is 325 Å². The zero-order valence-corrected chi connectivity index (χ0v) is 34.0. The van der Waals surface area contributed by atoms with Gasteiger partial charge in [-0.25, -0.2) is 0 Å². The summed E-state index contributed by atoms with van der Waals surface area (Å²) in [5.74, 6) is 4.09. The van der Waals surface area contributed by atoms with Crippen LogP contribution in [0.1, 0.15) is 131 Å². The minimum atomic E-state index is 0.632. The Morgan fingerprint density at radius 2 is 0.852 bits per heavy atom. The monoisotopic (exact) mass is 734 g/mol. The van der Waals surface area contributed by atoms with Crippen molar-refractivity contribution in [3.05, 3.63) is 66.7 Å². The van der Waals surface area contributed by atoms with Crippen molar-refractivity contribution in [1.82, 2.24) is 0 Å². The summed E-state index contributed by atoms with van der Waals surface area (Å²) in [6.07, 6.45) is 16.4. The first-order valence-corrected chi connectivity index (χ1v) is 21.4. The average Bonchev–Trinajstić information content (AvgIpc) is 3.20. The minimum absolute atomic E-state index is 0.632. The van der Waals surface area contributed by atoms with Crippen molar-refractivity contribution >= 4 is 32.3 Å². The number of fused-ring (bicyclic) bond motifs is 6. The lowest BCUT2D eigenvalue weighted by molar-refractivity contribution is 0.260. The van der Waals surface area contributed by atoms with E-state index in [1.807, 2.05) is 0 Å². The van der Waals surface area contributed by atoms with E-state index in [1.54, 1.807) is 0 Å². The second-order valence-corrected chi connectivity index (χ2v) is 14.7. The molecule has 0 saturated heterocycles. The molecule has 0 aliphatic rings. The molecule has 0 heterocycles. The Morgan fingerprint density at radius 1 is 0.370 bits per heavy atom. The highest BCUT2D eigenvalue weighted by molar-refractivity contribution is 6.30. The van der Waals surface area contributed by atoms with E-state index in [2.05, 4.69) is 101 Å². The van der Waals surface area contributed by atoms with Crippen LogP contribution in [0.4, 0.5) is 0 Å². The molecule has 292 valence electrons. The highest BCUT2D eigenvalue weighted by atomic mass is 16.5. The normalized spacial score (nSPS) is 11.4. The summed E-state index contributed by atoms with van der Waals surface area (Å²) in [4.78, 5) is 0. The summed E-state index contributed by atoms with van der Waals surface area (Å²) in [7, 11) is 0. The fraction of sp³-hybridized carbons (Fsp3) is 0.510. The Bertz CT molecular complexity index is 1860. The molecule has 0 spiro atoms. The van der Waals surface area contributed by atoms with E-state index in [0.29, 0.717) is 33.0 Å². The molecule has 0 N–H and O–H groups in total. The van der Waals surface area contributed by atoms with Crippen LogP contribution >= 0.6 is 0 Å². The van der Waals surface area contributed by atoms with Gasteiger partial charge < -0.3 is 23.7 Å². The van der Waals surface area contributed by atoms with Crippen LogP contribution in [0.5, 0.6) is 28.7 Å². The first-order chi connectivity index (χ1) is 26.6. The molecule has 5 nitrogen and oxygen atoms in total. The van der Waals surface area contributed by atoms with E-state index in [1.165, 1.54) is 5.39 Å². The lowest BCUT2D eigenvalue weighted by Crippen LogP contribution is -2.05. The third-order valence-corrected chi connectivity index (χ3v) is 10.3. The van der Waals surface area contributed by atoms with Crippen LogP contribution in [-0.4, -0.2) is 33.0 Å². The predicted molar refractivity (Wildman–Crippen MR) is 229 cm³/mol. The molecule has 0 fully saturated rings. The van der Waals surface area contributed by atoms with Crippen LogP contribution in [0.3, 0.4) is 0 Å². The molecule has 0 aliphatic carbocycles. The largest absolute Gasteiger partial charge is 0.494 e. The van der Waals surface area contributed by atoms with Gasteiger partial charge in [-0.2, -0.15) is 0 Å². The second kappa shape index (κ2) is 22.3. The van der Waals surface area contributed by atoms with Crippen molar-refractivity contribution in [1.29, 1.82) is 0 Å². The molecule has 0 aromatic heterocycles. The first-order valence-electron chi connectivity index (χ1n) is 21.4. The fourth-order valence-corrected chi connectivity index (χ4v) is 7.23. The molecule has 54 heavy (non-hydrogen) atoms. The van der Waals surface area contributed by atoms with Crippen molar-refractivity contribution in [2.45, 2.75) is 131 Å². The van der Waals surface area contributed by atoms with Gasteiger partial charge in [-0.3, -0.25) is 0 Å². The Balaban J connectivity index is 1.85. The number of hydrogen-bond donors (Lipinski definition) is 0. The summed E-state index contributed by atoms with van der Waals surface area (Å²) in [5, 5.41) is 6.68. The van der Waals surface area contributed by atoms with Gasteiger partial charge in [-0.05, 0) is 107 Å². The quantitative estimate of drug-likeness (QED) is 0.0418. The van der Waals surface area contributed by atoms with Gasteiger partial charge >= 0.3 is 0 Å². The lowest BCUT2D eigenvalue weighted by Gasteiger charge is -2.22. The van der Waals surface area contributed by atoms with Gasteiger partial charge in [0.2, 0.25) is 0 Å². The molecule has 5 aromatic rings. The van der Waals surface area contributed by atoms with Crippen molar-refractivity contribution in [2.75, 3.05) is 33.0 Å². The summed E-state index contributed by atoms with van der Waals surface area (Å²) in [6, 6.07) is 24.0. The Hall–Kier alpha value is -4.12. The Kier molecular flexibility index (Phi) is 17.0. The topological polar surface area (TPSA) is 46.2 Å². The molecule has 0 aliphatic heterocycles. The summed E-state index contributed by atoms with van der Waals surface area (Å²) in [5.41, 5.74) is 2.30. The minimum Gasteiger partial charge on any atom is -0.494 e. The summed E-state index contributed by atoms with van der Waals surface area (Å²) >= 11 is 0. The van der Waals surface area contributed by atoms with Crippen molar-refractivity contribution in [3.8, 4) is 39.9 Å². The fourth-order valence-electron chi connectivity index (χ4n) is 7.23. The third kappa shape index (κ3) is 10.8. The van der Waals surface area contributed by atoms with E-state index in [9.17, 15) is 0 Å². The highest BCUT2D eigenvalue weighted by Gasteiger charge is 2.23. The third-order valence-electron chi connectivity index (χ3n) is 10.3. The van der Waals surface area contributed by atoms with E-state index in [-0.39, 0.29) is 0 Å². The molecule has 0 radical (unpaired) electrons.